The molecule has 0 bridgehead atoms. The second-order valence-corrected chi connectivity index (χ2v) is 16.7. The van der Waals surface area contributed by atoms with Gasteiger partial charge in [0.05, 0.1) is 61.9 Å². The molecular formula is C46H73N5O7. The number of benzene rings is 2. The molecule has 0 aromatic heterocycles. The molecule has 1 unspecified atom stereocenters. The number of carbonyl (C=O) groups excluding carboxylic acids is 4. The highest BCUT2D eigenvalue weighted by atomic mass is 16.5. The lowest BCUT2D eigenvalue weighted by molar-refractivity contribution is -0.148. The predicted molar refractivity (Wildman–Crippen MR) is 229 cm³/mol. The van der Waals surface area contributed by atoms with Gasteiger partial charge in [-0.3, -0.25) is 19.2 Å². The summed E-state index contributed by atoms with van der Waals surface area (Å²) in [6, 6.07) is 17.7. The van der Waals surface area contributed by atoms with Gasteiger partial charge in [0.25, 0.3) is 0 Å². The van der Waals surface area contributed by atoms with Crippen LogP contribution in [0, 0.1) is 23.7 Å². The second-order valence-electron chi connectivity index (χ2n) is 16.7. The number of amides is 4. The predicted octanol–water partition coefficient (Wildman–Crippen LogP) is 5.24. The smallest absolute Gasteiger partial charge is 0.245 e. The Morgan fingerprint density at radius 1 is 0.828 bits per heavy atom. The molecule has 3 N–H and O–H groups in total. The third-order valence-electron chi connectivity index (χ3n) is 11.9. The lowest BCUT2D eigenvalue weighted by Crippen LogP contribution is -2.59. The van der Waals surface area contributed by atoms with Gasteiger partial charge >= 0.3 is 0 Å². The highest BCUT2D eigenvalue weighted by molar-refractivity contribution is 5.90. The molecule has 0 saturated carbocycles. The molecule has 58 heavy (non-hydrogen) atoms. The molecule has 1 aliphatic rings. The second kappa shape index (κ2) is 24.3. The third-order valence-corrected chi connectivity index (χ3v) is 11.9. The maximum absolute atomic E-state index is 14.3. The van der Waals surface area contributed by atoms with Gasteiger partial charge in [-0.2, -0.15) is 0 Å². The van der Waals surface area contributed by atoms with E-state index in [1.807, 2.05) is 100 Å². The number of carbonyl (C=O) groups is 4. The number of likely N-dealkylation sites (N-methyl/N-ethyl adjacent to an activating group) is 2. The lowest BCUT2D eigenvalue weighted by atomic mass is 9.89. The average Bonchev–Trinajstić information content (AvgIpc) is 3.70. The van der Waals surface area contributed by atoms with Crippen molar-refractivity contribution < 1.29 is 33.4 Å². The minimum Gasteiger partial charge on any atom is -0.379 e. The van der Waals surface area contributed by atoms with Gasteiger partial charge in [0, 0.05) is 27.8 Å². The summed E-state index contributed by atoms with van der Waals surface area (Å²) in [5, 5.41) is 9.31. The molecule has 3 rings (SSSR count). The van der Waals surface area contributed by atoms with Crippen molar-refractivity contribution in [2.45, 2.75) is 130 Å². The number of rotatable bonds is 24. The minimum atomic E-state index is -0.757. The van der Waals surface area contributed by atoms with Gasteiger partial charge < -0.3 is 40.0 Å². The van der Waals surface area contributed by atoms with Gasteiger partial charge in [-0.15, -0.1) is 0 Å². The lowest BCUT2D eigenvalue weighted by Gasteiger charge is -2.41. The van der Waals surface area contributed by atoms with Crippen molar-refractivity contribution in [3.63, 3.8) is 0 Å². The van der Waals surface area contributed by atoms with E-state index in [9.17, 15) is 19.2 Å². The van der Waals surface area contributed by atoms with Crippen LogP contribution in [-0.4, -0.2) is 117 Å². The number of nitrogens with one attached hydrogen (secondary N) is 3. The van der Waals surface area contributed by atoms with Gasteiger partial charge in [-0.25, -0.2) is 0 Å². The van der Waals surface area contributed by atoms with E-state index in [1.54, 1.807) is 33.2 Å². The maximum Gasteiger partial charge on any atom is 0.245 e. The van der Waals surface area contributed by atoms with Crippen LogP contribution in [0.2, 0.25) is 0 Å². The van der Waals surface area contributed by atoms with Gasteiger partial charge in [0.15, 0.2) is 0 Å². The number of hydrogen-bond donors (Lipinski definition) is 3. The van der Waals surface area contributed by atoms with Crippen molar-refractivity contribution in [2.75, 3.05) is 41.5 Å². The van der Waals surface area contributed by atoms with Crippen LogP contribution < -0.4 is 16.0 Å². The Balaban J connectivity index is 1.76. The largest absolute Gasteiger partial charge is 0.379 e. The van der Waals surface area contributed by atoms with Crippen LogP contribution in [0.25, 0.3) is 0 Å². The first-order chi connectivity index (χ1) is 27.7. The first-order valence-electron chi connectivity index (χ1n) is 21.2. The Morgan fingerprint density at radius 3 is 1.97 bits per heavy atom. The molecule has 1 heterocycles. The molecule has 1 aliphatic heterocycles. The van der Waals surface area contributed by atoms with E-state index in [1.165, 1.54) is 0 Å². The third kappa shape index (κ3) is 13.6. The summed E-state index contributed by atoms with van der Waals surface area (Å²) < 4.78 is 18.2. The van der Waals surface area contributed by atoms with Crippen LogP contribution in [0.3, 0.4) is 0 Å². The minimum absolute atomic E-state index is 0.0127. The highest BCUT2D eigenvalue weighted by Crippen LogP contribution is 2.30. The molecule has 1 fully saturated rings. The summed E-state index contributed by atoms with van der Waals surface area (Å²) in [6.07, 6.45) is 1.70. The number of methoxy groups -OCH3 is 2. The fraction of sp³-hybridized carbons (Fsp3) is 0.652. The van der Waals surface area contributed by atoms with E-state index in [0.717, 1.165) is 24.0 Å². The zero-order valence-corrected chi connectivity index (χ0v) is 37.0. The van der Waals surface area contributed by atoms with E-state index in [4.69, 9.17) is 14.2 Å². The normalized spacial score (nSPS) is 18.5. The fourth-order valence-corrected chi connectivity index (χ4v) is 8.33. The topological polar surface area (TPSA) is 139 Å². The molecule has 0 aliphatic carbocycles. The van der Waals surface area contributed by atoms with Gasteiger partial charge in [-0.1, -0.05) is 116 Å². The van der Waals surface area contributed by atoms with Crippen LogP contribution in [0.15, 0.2) is 60.7 Å². The van der Waals surface area contributed by atoms with Crippen molar-refractivity contribution in [3.8, 4) is 0 Å². The van der Waals surface area contributed by atoms with Crippen LogP contribution in [-0.2, 0) is 46.4 Å². The van der Waals surface area contributed by atoms with Crippen LogP contribution in [0.5, 0.6) is 0 Å². The summed E-state index contributed by atoms with van der Waals surface area (Å²) in [5.74, 6) is -1.44. The summed E-state index contributed by atoms with van der Waals surface area (Å²) in [4.78, 5) is 59.3. The van der Waals surface area contributed by atoms with Crippen molar-refractivity contribution in [1.82, 2.24) is 25.8 Å². The van der Waals surface area contributed by atoms with Crippen molar-refractivity contribution >= 4 is 23.6 Å². The van der Waals surface area contributed by atoms with E-state index >= 15 is 0 Å². The Kier molecular flexibility index (Phi) is 20.3. The molecule has 0 spiro atoms. The highest BCUT2D eigenvalue weighted by Gasteiger charge is 2.43. The van der Waals surface area contributed by atoms with Crippen molar-refractivity contribution in [1.29, 1.82) is 0 Å². The zero-order chi connectivity index (χ0) is 42.9. The van der Waals surface area contributed by atoms with E-state index in [2.05, 4.69) is 29.8 Å². The van der Waals surface area contributed by atoms with Gasteiger partial charge in [0.2, 0.25) is 23.6 Å². The van der Waals surface area contributed by atoms with E-state index < -0.39 is 36.3 Å². The van der Waals surface area contributed by atoms with Crippen LogP contribution in [0.1, 0.15) is 85.3 Å². The summed E-state index contributed by atoms with van der Waals surface area (Å²) >= 11 is 0. The first kappa shape index (κ1) is 48.5. The summed E-state index contributed by atoms with van der Waals surface area (Å²) in [6.45, 7) is 15.0. The van der Waals surface area contributed by atoms with E-state index in [-0.39, 0.29) is 59.9 Å². The van der Waals surface area contributed by atoms with Crippen molar-refractivity contribution in [3.05, 3.63) is 71.8 Å². The zero-order valence-electron chi connectivity index (χ0n) is 37.0. The molecular weight excluding hydrogens is 735 g/mol. The van der Waals surface area contributed by atoms with Crippen LogP contribution in [0.4, 0.5) is 0 Å². The molecule has 324 valence electrons. The number of likely N-dealkylation sites (tertiary alicyclic amines) is 1. The fourth-order valence-electron chi connectivity index (χ4n) is 8.33. The number of nitrogens with zero attached hydrogens (tertiary/aromatic N) is 2. The Bertz CT molecular complexity index is 1540. The molecule has 0 radical (unpaired) electrons. The van der Waals surface area contributed by atoms with Gasteiger partial charge in [-0.05, 0) is 55.2 Å². The summed E-state index contributed by atoms with van der Waals surface area (Å²) in [5.41, 5.74) is 2.15. The molecule has 2 aromatic rings. The quantitative estimate of drug-likeness (QED) is 0.131. The molecule has 2 aromatic carbocycles. The SMILES string of the molecule is CC[C@H](C)C([C@@H](CC(=O)N1CCC[C@H]1[C@H](OC)[C@@H](C)C(=O)N[C@H](COCc1ccccc1)Cc1ccccc1)OC)N(C)C(=O)[C@@H](NC(=O)[C@@H](NC)C(C)C)C(C)C. The molecule has 12 heteroatoms. The number of hydrogen-bond acceptors (Lipinski definition) is 8. The Labute approximate surface area is 348 Å². The molecule has 12 nitrogen and oxygen atoms in total. The van der Waals surface area contributed by atoms with Crippen LogP contribution >= 0.6 is 0 Å². The first-order valence-corrected chi connectivity index (χ1v) is 21.2. The monoisotopic (exact) mass is 808 g/mol. The van der Waals surface area contributed by atoms with Crippen molar-refractivity contribution in [2.24, 2.45) is 23.7 Å². The average molecular weight is 808 g/mol. The number of ether oxygens (including phenoxy) is 3. The van der Waals surface area contributed by atoms with E-state index in [0.29, 0.717) is 32.6 Å². The molecule has 4 amide bonds. The Morgan fingerprint density at radius 2 is 1.43 bits per heavy atom. The standard InChI is InChI=1S/C46H73N5O7/c1-12-32(6)42(50(9)46(55)41(31(4)5)49-45(54)40(47-8)30(2)3)38(56-10)27-39(52)51-25-19-24-37(51)43(57-11)33(7)44(53)48-36(26-34-20-15-13-16-21-34)29-58-28-35-22-17-14-18-23-35/h13-18,20-23,30-33,36-38,40-43,47H,12,19,24-29H2,1-11H3,(H,48,53)(H,49,54)/t32-,33+,36-,37-,38+,40-,41-,42?,43+/m0/s1. The summed E-state index contributed by atoms with van der Waals surface area (Å²) in [7, 11) is 6.66. The maximum atomic E-state index is 14.3. The molecule has 1 saturated heterocycles. The Hall–Kier alpha value is -3.84. The van der Waals surface area contributed by atoms with Gasteiger partial charge in [0.1, 0.15) is 6.04 Å². The molecule has 9 atom stereocenters.